The molecule has 0 spiro atoms. The van der Waals surface area contributed by atoms with Gasteiger partial charge in [0.2, 0.25) is 5.91 Å². The van der Waals surface area contributed by atoms with Crippen molar-refractivity contribution in [2.24, 2.45) is 0 Å². The summed E-state index contributed by atoms with van der Waals surface area (Å²) in [6, 6.07) is 11.8. The maximum atomic E-state index is 12.8. The molecule has 1 aliphatic rings. The summed E-state index contributed by atoms with van der Waals surface area (Å²) < 4.78 is 16.1. The molecule has 0 aliphatic carbocycles. The Hall–Kier alpha value is -3.31. The summed E-state index contributed by atoms with van der Waals surface area (Å²) >= 11 is 4.06. The van der Waals surface area contributed by atoms with Crippen molar-refractivity contribution >= 4 is 62.5 Å². The van der Waals surface area contributed by atoms with Crippen LogP contribution in [0.4, 0.5) is 10.5 Å². The predicted molar refractivity (Wildman–Crippen MR) is 131 cm³/mol. The first-order valence-corrected chi connectivity index (χ1v) is 11.7. The van der Waals surface area contributed by atoms with Crippen molar-refractivity contribution in [3.63, 3.8) is 0 Å². The number of rotatable bonds is 9. The number of hydrogen-bond donors (Lipinski definition) is 1. The number of nitrogens with one attached hydrogen (secondary N) is 1. The second kappa shape index (κ2) is 11.7. The number of ether oxygens (including phenoxy) is 3. The molecule has 0 unspecified atom stereocenters. The fourth-order valence-corrected chi connectivity index (χ4v) is 4.09. The first-order valence-electron chi connectivity index (χ1n) is 10.1. The molecule has 9 nitrogen and oxygen atoms in total. The van der Waals surface area contributed by atoms with Crippen molar-refractivity contribution in [2.75, 3.05) is 32.2 Å². The maximum Gasteiger partial charge on any atom is 0.343 e. The Labute approximate surface area is 208 Å². The smallest absolute Gasteiger partial charge is 0.343 e. The molecule has 1 aliphatic heterocycles. The van der Waals surface area contributed by atoms with Gasteiger partial charge in [-0.2, -0.15) is 0 Å². The highest BCUT2D eigenvalue weighted by Crippen LogP contribution is 2.35. The maximum absolute atomic E-state index is 12.8. The minimum atomic E-state index is -0.601. The van der Waals surface area contributed by atoms with E-state index in [1.54, 1.807) is 42.5 Å². The molecule has 34 heavy (non-hydrogen) atoms. The van der Waals surface area contributed by atoms with Crippen molar-refractivity contribution in [1.82, 2.24) is 4.90 Å². The lowest BCUT2D eigenvalue weighted by atomic mass is 10.2. The minimum absolute atomic E-state index is 0.125. The van der Waals surface area contributed by atoms with Crippen LogP contribution in [0.1, 0.15) is 12.5 Å². The number of imide groups is 1. The van der Waals surface area contributed by atoms with Gasteiger partial charge in [-0.15, -0.1) is 0 Å². The summed E-state index contributed by atoms with van der Waals surface area (Å²) in [5.41, 5.74) is 0.986. The number of carbonyl (C=O) groups is 4. The second-order valence-electron chi connectivity index (χ2n) is 6.82. The van der Waals surface area contributed by atoms with Crippen molar-refractivity contribution in [2.45, 2.75) is 6.92 Å². The lowest BCUT2D eigenvalue weighted by Crippen LogP contribution is -2.36. The monoisotopic (exact) mass is 548 g/mol. The predicted octanol–water partition coefficient (Wildman–Crippen LogP) is 4.07. The van der Waals surface area contributed by atoms with Crippen molar-refractivity contribution < 1.29 is 33.4 Å². The number of amides is 3. The van der Waals surface area contributed by atoms with Crippen LogP contribution < -0.4 is 14.8 Å². The largest absolute Gasteiger partial charge is 0.494 e. The van der Waals surface area contributed by atoms with Crippen molar-refractivity contribution in [3.8, 4) is 11.5 Å². The first kappa shape index (κ1) is 25.3. The fraction of sp³-hybridized carbons (Fsp3) is 0.217. The van der Waals surface area contributed by atoms with E-state index in [4.69, 9.17) is 9.47 Å². The van der Waals surface area contributed by atoms with Gasteiger partial charge in [0.05, 0.1) is 18.6 Å². The molecule has 0 saturated carbocycles. The van der Waals surface area contributed by atoms with E-state index in [2.05, 4.69) is 26.0 Å². The van der Waals surface area contributed by atoms with Gasteiger partial charge < -0.3 is 19.5 Å². The number of methoxy groups -OCH3 is 1. The Kier molecular flexibility index (Phi) is 8.72. The van der Waals surface area contributed by atoms with Gasteiger partial charge in [-0.25, -0.2) is 4.79 Å². The number of benzene rings is 2. The number of esters is 1. The van der Waals surface area contributed by atoms with Crippen LogP contribution >= 0.6 is 27.7 Å². The van der Waals surface area contributed by atoms with Gasteiger partial charge in [-0.1, -0.05) is 15.9 Å². The molecule has 1 fully saturated rings. The van der Waals surface area contributed by atoms with Crippen LogP contribution in [0.3, 0.4) is 0 Å². The molecule has 1 N–H and O–H groups in total. The number of hydrogen-bond acceptors (Lipinski definition) is 8. The number of nitrogens with zero attached hydrogens (tertiary/aromatic N) is 1. The summed E-state index contributed by atoms with van der Waals surface area (Å²) in [6.07, 6.45) is 1.48. The molecule has 3 rings (SSSR count). The summed E-state index contributed by atoms with van der Waals surface area (Å²) in [5, 5.41) is 2.09. The minimum Gasteiger partial charge on any atom is -0.494 e. The normalized spacial score (nSPS) is 14.3. The zero-order valence-corrected chi connectivity index (χ0v) is 20.7. The topological polar surface area (TPSA) is 111 Å². The average molecular weight is 549 g/mol. The molecule has 1 heterocycles. The third kappa shape index (κ3) is 6.61. The Morgan fingerprint density at radius 2 is 1.85 bits per heavy atom. The molecule has 0 atom stereocenters. The SMILES string of the molecule is CCOc1ccc(NC(=O)CN2C(=O)S/C(=C/c3cc(Br)ccc3OCC(=O)OC)C2=O)cc1. The summed E-state index contributed by atoms with van der Waals surface area (Å²) in [5.74, 6) is -0.687. The third-order valence-corrected chi connectivity index (χ3v) is 5.86. The van der Waals surface area contributed by atoms with Crippen LogP contribution in [0.5, 0.6) is 11.5 Å². The zero-order chi connectivity index (χ0) is 24.7. The average Bonchev–Trinajstić information content (AvgIpc) is 3.07. The Bertz CT molecular complexity index is 1130. The van der Waals surface area contributed by atoms with Crippen LogP contribution in [-0.4, -0.2) is 54.8 Å². The lowest BCUT2D eigenvalue weighted by Gasteiger charge is -2.13. The number of thioether (sulfide) groups is 1. The van der Waals surface area contributed by atoms with Gasteiger partial charge in [0.15, 0.2) is 6.61 Å². The molecule has 11 heteroatoms. The van der Waals surface area contributed by atoms with E-state index in [0.717, 1.165) is 4.90 Å². The number of halogens is 1. The zero-order valence-electron chi connectivity index (χ0n) is 18.3. The number of carbonyl (C=O) groups excluding carboxylic acids is 4. The van der Waals surface area contributed by atoms with E-state index < -0.39 is 29.6 Å². The molecule has 2 aromatic carbocycles. The van der Waals surface area contributed by atoms with E-state index in [9.17, 15) is 19.2 Å². The van der Waals surface area contributed by atoms with Crippen LogP contribution in [0, 0.1) is 0 Å². The Morgan fingerprint density at radius 3 is 2.53 bits per heavy atom. The second-order valence-corrected chi connectivity index (χ2v) is 8.73. The lowest BCUT2D eigenvalue weighted by molar-refractivity contribution is -0.142. The van der Waals surface area contributed by atoms with Crippen LogP contribution in [0.2, 0.25) is 0 Å². The van der Waals surface area contributed by atoms with Gasteiger partial charge in [0, 0.05) is 15.7 Å². The van der Waals surface area contributed by atoms with Crippen LogP contribution in [-0.2, 0) is 19.1 Å². The molecule has 178 valence electrons. The Balaban J connectivity index is 1.70. The molecule has 3 amide bonds. The molecule has 0 radical (unpaired) electrons. The van der Waals surface area contributed by atoms with Gasteiger partial charge >= 0.3 is 5.97 Å². The Morgan fingerprint density at radius 1 is 1.12 bits per heavy atom. The summed E-state index contributed by atoms with van der Waals surface area (Å²) in [7, 11) is 1.25. The van der Waals surface area contributed by atoms with Gasteiger partial charge in [-0.3, -0.25) is 19.3 Å². The van der Waals surface area contributed by atoms with E-state index in [1.165, 1.54) is 13.2 Å². The number of anilines is 1. The van der Waals surface area contributed by atoms with Gasteiger partial charge in [0.25, 0.3) is 11.1 Å². The van der Waals surface area contributed by atoms with Gasteiger partial charge in [-0.05, 0) is 67.2 Å². The standard InChI is InChI=1S/C23H21BrN2O7S/c1-3-32-17-7-5-16(6-8-17)25-20(27)12-26-22(29)19(34-23(26)30)11-14-10-15(24)4-9-18(14)33-13-21(28)31-2/h4-11H,3,12-13H2,1-2H3,(H,25,27)/b19-11+. The third-order valence-electron chi connectivity index (χ3n) is 4.46. The highest BCUT2D eigenvalue weighted by molar-refractivity contribution is 9.10. The first-order chi connectivity index (χ1) is 16.3. The van der Waals surface area contributed by atoms with Crippen molar-refractivity contribution in [1.29, 1.82) is 0 Å². The van der Waals surface area contributed by atoms with E-state index in [0.29, 0.717) is 45.6 Å². The van der Waals surface area contributed by atoms with Crippen LogP contribution in [0.25, 0.3) is 6.08 Å². The molecule has 2 aromatic rings. The van der Waals surface area contributed by atoms with E-state index in [1.807, 2.05) is 6.92 Å². The van der Waals surface area contributed by atoms with Crippen LogP contribution in [0.15, 0.2) is 51.8 Å². The molecular weight excluding hydrogens is 528 g/mol. The molecule has 0 aromatic heterocycles. The van der Waals surface area contributed by atoms with E-state index in [-0.39, 0.29) is 11.5 Å². The molecule has 0 bridgehead atoms. The summed E-state index contributed by atoms with van der Waals surface area (Å²) in [4.78, 5) is 50.1. The molecule has 1 saturated heterocycles. The van der Waals surface area contributed by atoms with Gasteiger partial charge in [0.1, 0.15) is 18.0 Å². The highest BCUT2D eigenvalue weighted by Gasteiger charge is 2.36. The quantitative estimate of drug-likeness (QED) is 0.368. The fourth-order valence-electron chi connectivity index (χ4n) is 2.88. The van der Waals surface area contributed by atoms with E-state index >= 15 is 0 Å². The van der Waals surface area contributed by atoms with Crippen molar-refractivity contribution in [3.05, 3.63) is 57.4 Å². The highest BCUT2D eigenvalue weighted by atomic mass is 79.9. The molecular formula is C23H21BrN2O7S. The summed E-state index contributed by atoms with van der Waals surface area (Å²) in [6.45, 7) is 1.65.